The Morgan fingerprint density at radius 1 is 1.15 bits per heavy atom. The Bertz CT molecular complexity index is 1010. The van der Waals surface area contributed by atoms with Crippen molar-refractivity contribution in [1.82, 2.24) is 15.3 Å². The van der Waals surface area contributed by atoms with Crippen LogP contribution < -0.4 is 11.1 Å². The molecule has 7 heteroatoms. The van der Waals surface area contributed by atoms with Crippen molar-refractivity contribution in [1.29, 1.82) is 5.26 Å². The molecular formula is C19H17N5O2. The number of phenolic OH excluding ortho intramolecular Hbond substituents is 2. The van der Waals surface area contributed by atoms with E-state index in [1.807, 2.05) is 37.4 Å². The molecule has 0 fully saturated rings. The van der Waals surface area contributed by atoms with Gasteiger partial charge in [-0.3, -0.25) is 0 Å². The standard InChI is InChI=1S/C19H17N5O2/c1-22-10-11-3-2-4-12(7-11)17-15(9-20)18(21)24-19(23-17)14-8-13(25)5-6-16(14)26/h2-8,22,25-26H,10H2,1H3,(H2,21,23,24). The second-order valence-corrected chi connectivity index (χ2v) is 5.70. The molecule has 5 N–H and O–H groups in total. The molecule has 26 heavy (non-hydrogen) atoms. The van der Waals surface area contributed by atoms with Crippen LogP contribution in [0.3, 0.4) is 0 Å². The summed E-state index contributed by atoms with van der Waals surface area (Å²) in [6, 6.07) is 13.6. The lowest BCUT2D eigenvalue weighted by molar-refractivity contribution is 0.461. The highest BCUT2D eigenvalue weighted by Gasteiger charge is 2.17. The van der Waals surface area contributed by atoms with Gasteiger partial charge >= 0.3 is 0 Å². The molecular weight excluding hydrogens is 330 g/mol. The molecule has 0 radical (unpaired) electrons. The Morgan fingerprint density at radius 3 is 2.69 bits per heavy atom. The van der Waals surface area contributed by atoms with Crippen LogP contribution in [0.5, 0.6) is 11.5 Å². The summed E-state index contributed by atoms with van der Waals surface area (Å²) >= 11 is 0. The zero-order valence-corrected chi connectivity index (χ0v) is 14.1. The lowest BCUT2D eigenvalue weighted by atomic mass is 10.0. The zero-order chi connectivity index (χ0) is 18.7. The molecule has 0 aliphatic carbocycles. The number of rotatable bonds is 4. The van der Waals surface area contributed by atoms with Crippen LogP contribution >= 0.6 is 0 Å². The molecule has 0 amide bonds. The van der Waals surface area contributed by atoms with Gasteiger partial charge in [-0.15, -0.1) is 0 Å². The van der Waals surface area contributed by atoms with E-state index in [1.54, 1.807) is 0 Å². The van der Waals surface area contributed by atoms with Crippen molar-refractivity contribution in [2.24, 2.45) is 0 Å². The SMILES string of the molecule is CNCc1cccc(-c2nc(-c3cc(O)ccc3O)nc(N)c2C#N)c1. The van der Waals surface area contributed by atoms with Crippen molar-refractivity contribution in [3.8, 4) is 40.2 Å². The number of hydrogen-bond acceptors (Lipinski definition) is 7. The summed E-state index contributed by atoms with van der Waals surface area (Å²) < 4.78 is 0. The Morgan fingerprint density at radius 2 is 1.96 bits per heavy atom. The van der Waals surface area contributed by atoms with E-state index in [9.17, 15) is 15.5 Å². The topological polar surface area (TPSA) is 128 Å². The number of nitrogen functional groups attached to an aromatic ring is 1. The quantitative estimate of drug-likeness (QED) is 0.533. The van der Waals surface area contributed by atoms with E-state index in [4.69, 9.17) is 5.73 Å². The van der Waals surface area contributed by atoms with Crippen LogP contribution in [0.2, 0.25) is 0 Å². The highest BCUT2D eigenvalue weighted by molar-refractivity contribution is 5.76. The number of nitrogens with two attached hydrogens (primary N) is 1. The minimum atomic E-state index is -0.0956. The number of aromatic nitrogens is 2. The molecule has 130 valence electrons. The summed E-state index contributed by atoms with van der Waals surface area (Å²) in [5, 5.41) is 32.3. The first-order valence-electron chi connectivity index (χ1n) is 7.87. The third-order valence-corrected chi connectivity index (χ3v) is 3.85. The number of anilines is 1. The maximum absolute atomic E-state index is 10.1. The summed E-state index contributed by atoms with van der Waals surface area (Å²) in [5.74, 6) is 0.00173. The number of nitriles is 1. The first kappa shape index (κ1) is 17.2. The molecule has 0 aliphatic rings. The molecule has 0 saturated carbocycles. The van der Waals surface area contributed by atoms with E-state index < -0.39 is 0 Å². The number of benzene rings is 2. The first-order valence-corrected chi connectivity index (χ1v) is 7.87. The highest BCUT2D eigenvalue weighted by atomic mass is 16.3. The van der Waals surface area contributed by atoms with Crippen LogP contribution in [-0.2, 0) is 6.54 Å². The predicted molar refractivity (Wildman–Crippen MR) is 98.1 cm³/mol. The largest absolute Gasteiger partial charge is 0.508 e. The fraction of sp³-hybridized carbons (Fsp3) is 0.105. The molecule has 0 unspecified atom stereocenters. The van der Waals surface area contributed by atoms with Gasteiger partial charge in [0, 0.05) is 12.1 Å². The van der Waals surface area contributed by atoms with Crippen molar-refractivity contribution in [2.45, 2.75) is 6.54 Å². The monoisotopic (exact) mass is 347 g/mol. The van der Waals surface area contributed by atoms with Crippen molar-refractivity contribution in [2.75, 3.05) is 12.8 Å². The predicted octanol–water partition coefficient (Wildman–Crippen LogP) is 2.40. The molecule has 1 aromatic heterocycles. The smallest absolute Gasteiger partial charge is 0.166 e. The fourth-order valence-corrected chi connectivity index (χ4v) is 2.65. The van der Waals surface area contributed by atoms with Crippen LogP contribution in [-0.4, -0.2) is 27.2 Å². The molecule has 2 aromatic carbocycles. The minimum absolute atomic E-state index is 0.00858. The molecule has 3 rings (SSSR count). The summed E-state index contributed by atoms with van der Waals surface area (Å²) in [4.78, 5) is 8.56. The summed E-state index contributed by atoms with van der Waals surface area (Å²) in [5.41, 5.74) is 8.46. The van der Waals surface area contributed by atoms with E-state index >= 15 is 0 Å². The number of nitrogens with one attached hydrogen (secondary N) is 1. The summed E-state index contributed by atoms with van der Waals surface area (Å²) in [7, 11) is 1.85. The molecule has 7 nitrogen and oxygen atoms in total. The van der Waals surface area contributed by atoms with Crippen LogP contribution in [0.1, 0.15) is 11.1 Å². The Balaban J connectivity index is 2.22. The van der Waals surface area contributed by atoms with Crippen molar-refractivity contribution in [3.05, 3.63) is 53.6 Å². The third kappa shape index (κ3) is 3.27. The second-order valence-electron chi connectivity index (χ2n) is 5.70. The van der Waals surface area contributed by atoms with Gasteiger partial charge in [0.1, 0.15) is 28.9 Å². The lowest BCUT2D eigenvalue weighted by Crippen LogP contribution is -2.06. The number of hydrogen-bond donors (Lipinski definition) is 4. The first-order chi connectivity index (χ1) is 12.5. The summed E-state index contributed by atoms with van der Waals surface area (Å²) in [6.45, 7) is 0.663. The van der Waals surface area contributed by atoms with Gasteiger partial charge in [0.05, 0.1) is 11.3 Å². The molecule has 0 saturated heterocycles. The summed E-state index contributed by atoms with van der Waals surface area (Å²) in [6.07, 6.45) is 0. The number of aromatic hydroxyl groups is 2. The van der Waals surface area contributed by atoms with Gasteiger partial charge in [0.25, 0.3) is 0 Å². The Labute approximate surface area is 150 Å². The van der Waals surface area contributed by atoms with Crippen molar-refractivity contribution < 1.29 is 10.2 Å². The molecule has 0 aliphatic heterocycles. The van der Waals surface area contributed by atoms with Gasteiger partial charge < -0.3 is 21.3 Å². The number of phenols is 2. The van der Waals surface area contributed by atoms with E-state index in [0.29, 0.717) is 17.8 Å². The normalized spacial score (nSPS) is 10.5. The second kappa shape index (κ2) is 7.09. The minimum Gasteiger partial charge on any atom is -0.508 e. The fourth-order valence-electron chi connectivity index (χ4n) is 2.65. The maximum Gasteiger partial charge on any atom is 0.166 e. The van der Waals surface area contributed by atoms with Crippen molar-refractivity contribution in [3.63, 3.8) is 0 Å². The van der Waals surface area contributed by atoms with E-state index in [0.717, 1.165) is 5.56 Å². The third-order valence-electron chi connectivity index (χ3n) is 3.85. The van der Waals surface area contributed by atoms with Gasteiger partial charge in [0.15, 0.2) is 5.82 Å². The van der Waals surface area contributed by atoms with Crippen LogP contribution in [0, 0.1) is 11.3 Å². The van der Waals surface area contributed by atoms with Gasteiger partial charge in [-0.25, -0.2) is 9.97 Å². The zero-order valence-electron chi connectivity index (χ0n) is 14.1. The molecule has 0 bridgehead atoms. The van der Waals surface area contributed by atoms with Gasteiger partial charge in [0.2, 0.25) is 0 Å². The van der Waals surface area contributed by atoms with Crippen LogP contribution in [0.15, 0.2) is 42.5 Å². The number of nitrogens with zero attached hydrogens (tertiary/aromatic N) is 3. The Kier molecular flexibility index (Phi) is 4.69. The molecule has 0 spiro atoms. The van der Waals surface area contributed by atoms with E-state index in [1.165, 1.54) is 18.2 Å². The van der Waals surface area contributed by atoms with Gasteiger partial charge in [-0.05, 0) is 36.9 Å². The van der Waals surface area contributed by atoms with E-state index in [-0.39, 0.29) is 34.3 Å². The van der Waals surface area contributed by atoms with Gasteiger partial charge in [-0.2, -0.15) is 5.26 Å². The molecule has 1 heterocycles. The van der Waals surface area contributed by atoms with Crippen LogP contribution in [0.25, 0.3) is 22.6 Å². The molecule has 0 atom stereocenters. The Hall–Kier alpha value is -3.63. The van der Waals surface area contributed by atoms with Crippen molar-refractivity contribution >= 4 is 5.82 Å². The molecule has 3 aromatic rings. The highest BCUT2D eigenvalue weighted by Crippen LogP contribution is 2.33. The maximum atomic E-state index is 10.1. The van der Waals surface area contributed by atoms with E-state index in [2.05, 4.69) is 15.3 Å². The van der Waals surface area contributed by atoms with Crippen LogP contribution in [0.4, 0.5) is 5.82 Å². The average Bonchev–Trinajstić information content (AvgIpc) is 2.63. The van der Waals surface area contributed by atoms with Gasteiger partial charge in [-0.1, -0.05) is 18.2 Å². The average molecular weight is 347 g/mol. The lowest BCUT2D eigenvalue weighted by Gasteiger charge is -2.11.